The highest BCUT2D eigenvalue weighted by Gasteiger charge is 2.20. The van der Waals surface area contributed by atoms with E-state index < -0.39 is 0 Å². The molecule has 0 saturated carbocycles. The van der Waals surface area contributed by atoms with Gasteiger partial charge < -0.3 is 10.4 Å². The van der Waals surface area contributed by atoms with Crippen molar-refractivity contribution in [3.63, 3.8) is 0 Å². The Bertz CT molecular complexity index is 846. The maximum atomic E-state index is 9.00. The molecule has 1 aliphatic rings. The largest absolute Gasteiger partial charge is 0.394 e. The van der Waals surface area contributed by atoms with E-state index in [9.17, 15) is 0 Å². The van der Waals surface area contributed by atoms with Crippen LogP contribution in [-0.2, 0) is 19.4 Å². The summed E-state index contributed by atoms with van der Waals surface area (Å²) < 4.78 is 1.70. The van der Waals surface area contributed by atoms with Crippen LogP contribution in [0.3, 0.4) is 0 Å². The van der Waals surface area contributed by atoms with Crippen LogP contribution in [-0.4, -0.2) is 36.4 Å². The van der Waals surface area contributed by atoms with Gasteiger partial charge in [0.1, 0.15) is 5.82 Å². The highest BCUT2D eigenvalue weighted by atomic mass is 16.3. The molecule has 0 saturated heterocycles. The first kappa shape index (κ1) is 14.8. The van der Waals surface area contributed by atoms with Crippen molar-refractivity contribution in [2.24, 2.45) is 0 Å². The molecule has 0 atom stereocenters. The fourth-order valence-corrected chi connectivity index (χ4v) is 2.95. The summed E-state index contributed by atoms with van der Waals surface area (Å²) in [6, 6.07) is 3.85. The quantitative estimate of drug-likeness (QED) is 0.746. The zero-order valence-corrected chi connectivity index (χ0v) is 13.2. The van der Waals surface area contributed by atoms with Gasteiger partial charge in [-0.05, 0) is 31.4 Å². The van der Waals surface area contributed by atoms with Crippen LogP contribution in [0.1, 0.15) is 17.7 Å². The number of fused-ring (bicyclic) bond motifs is 1. The minimum Gasteiger partial charge on any atom is -0.394 e. The van der Waals surface area contributed by atoms with Gasteiger partial charge in [0, 0.05) is 35.4 Å². The third kappa shape index (κ3) is 2.85. The molecule has 0 fully saturated rings. The second kappa shape index (κ2) is 6.37. The lowest BCUT2D eigenvalue weighted by molar-refractivity contribution is 0.269. The normalized spacial score (nSPS) is 13.0. The Morgan fingerprint density at radius 3 is 3.00 bits per heavy atom. The average molecular weight is 322 g/mol. The van der Waals surface area contributed by atoms with Crippen LogP contribution >= 0.6 is 0 Å². The Balaban J connectivity index is 1.70. The molecular formula is C17H18N6O. The molecule has 24 heavy (non-hydrogen) atoms. The van der Waals surface area contributed by atoms with Gasteiger partial charge in [-0.25, -0.2) is 9.97 Å². The molecule has 0 aliphatic heterocycles. The fraction of sp³-hybridized carbons (Fsp3) is 0.294. The second-order valence-corrected chi connectivity index (χ2v) is 5.76. The first-order valence-electron chi connectivity index (χ1n) is 8.04. The molecule has 3 aromatic rings. The third-order valence-corrected chi connectivity index (χ3v) is 4.08. The standard InChI is InChI=1S/C17H18N6O/c24-8-7-23-11-13(10-19-23)20-17-14-4-1-5-15(14)21-16(22-17)12-3-2-6-18-9-12/h2-3,6,9-11,24H,1,4-5,7-8H2,(H,20,21,22). The number of hydrogen-bond donors (Lipinski definition) is 2. The molecule has 0 amide bonds. The van der Waals surface area contributed by atoms with Crippen LogP contribution in [0.4, 0.5) is 11.5 Å². The number of aromatic nitrogens is 5. The number of nitrogens with one attached hydrogen (secondary N) is 1. The van der Waals surface area contributed by atoms with Crippen molar-refractivity contribution >= 4 is 11.5 Å². The summed E-state index contributed by atoms with van der Waals surface area (Å²) in [5.41, 5.74) is 4.05. The highest BCUT2D eigenvalue weighted by molar-refractivity contribution is 5.64. The van der Waals surface area contributed by atoms with Crippen LogP contribution in [0.15, 0.2) is 36.9 Å². The van der Waals surface area contributed by atoms with Crippen molar-refractivity contribution < 1.29 is 5.11 Å². The van der Waals surface area contributed by atoms with E-state index in [0.717, 1.165) is 42.0 Å². The zero-order chi connectivity index (χ0) is 16.4. The first-order valence-corrected chi connectivity index (χ1v) is 8.04. The van der Waals surface area contributed by atoms with E-state index in [0.29, 0.717) is 12.4 Å². The number of pyridine rings is 1. The molecule has 1 aliphatic carbocycles. The monoisotopic (exact) mass is 322 g/mol. The minimum absolute atomic E-state index is 0.0647. The molecule has 0 aromatic carbocycles. The molecule has 0 unspecified atom stereocenters. The molecule has 3 aromatic heterocycles. The predicted molar refractivity (Wildman–Crippen MR) is 89.9 cm³/mol. The smallest absolute Gasteiger partial charge is 0.163 e. The SMILES string of the molecule is OCCn1cc(Nc2nc(-c3cccnc3)nc3c2CCC3)cn1. The van der Waals surface area contributed by atoms with Crippen LogP contribution in [0.2, 0.25) is 0 Å². The first-order chi connectivity index (χ1) is 11.8. The van der Waals surface area contributed by atoms with Crippen molar-refractivity contribution in [3.05, 3.63) is 48.2 Å². The van der Waals surface area contributed by atoms with Gasteiger partial charge in [0.05, 0.1) is 25.0 Å². The fourth-order valence-electron chi connectivity index (χ4n) is 2.95. The third-order valence-electron chi connectivity index (χ3n) is 4.08. The number of aliphatic hydroxyl groups excluding tert-OH is 1. The number of hydrogen-bond acceptors (Lipinski definition) is 6. The van der Waals surface area contributed by atoms with Gasteiger partial charge in [-0.3, -0.25) is 9.67 Å². The molecule has 0 radical (unpaired) electrons. The van der Waals surface area contributed by atoms with E-state index in [1.165, 1.54) is 5.56 Å². The van der Waals surface area contributed by atoms with Gasteiger partial charge in [0.15, 0.2) is 5.82 Å². The van der Waals surface area contributed by atoms with Crippen LogP contribution in [0, 0.1) is 0 Å². The number of nitrogens with zero attached hydrogens (tertiary/aromatic N) is 5. The Labute approximate surface area is 139 Å². The molecule has 0 bridgehead atoms. The Hall–Kier alpha value is -2.80. The molecule has 122 valence electrons. The number of aliphatic hydroxyl groups is 1. The topological polar surface area (TPSA) is 88.8 Å². The minimum atomic E-state index is 0.0647. The van der Waals surface area contributed by atoms with Crippen molar-refractivity contribution in [1.82, 2.24) is 24.7 Å². The van der Waals surface area contributed by atoms with E-state index in [2.05, 4.69) is 15.4 Å². The Morgan fingerprint density at radius 1 is 1.21 bits per heavy atom. The summed E-state index contributed by atoms with van der Waals surface area (Å²) in [5, 5.41) is 16.6. The van der Waals surface area contributed by atoms with E-state index in [1.54, 1.807) is 23.3 Å². The van der Waals surface area contributed by atoms with Gasteiger partial charge in [-0.15, -0.1) is 0 Å². The lowest BCUT2D eigenvalue weighted by Gasteiger charge is -2.11. The second-order valence-electron chi connectivity index (χ2n) is 5.76. The zero-order valence-electron chi connectivity index (χ0n) is 13.2. The van der Waals surface area contributed by atoms with Gasteiger partial charge >= 0.3 is 0 Å². The van der Waals surface area contributed by atoms with Crippen LogP contribution in [0.5, 0.6) is 0 Å². The lowest BCUT2D eigenvalue weighted by atomic mass is 10.2. The molecule has 7 heteroatoms. The summed E-state index contributed by atoms with van der Waals surface area (Å²) in [4.78, 5) is 13.6. The molecule has 7 nitrogen and oxygen atoms in total. The van der Waals surface area contributed by atoms with Crippen LogP contribution < -0.4 is 5.32 Å². The summed E-state index contributed by atoms with van der Waals surface area (Å²) in [7, 11) is 0. The van der Waals surface area contributed by atoms with Gasteiger partial charge in [-0.1, -0.05) is 0 Å². The van der Waals surface area contributed by atoms with E-state index >= 15 is 0 Å². The van der Waals surface area contributed by atoms with Gasteiger partial charge in [-0.2, -0.15) is 5.10 Å². The molecule has 0 spiro atoms. The number of anilines is 2. The van der Waals surface area contributed by atoms with Crippen molar-refractivity contribution in [2.75, 3.05) is 11.9 Å². The molecular weight excluding hydrogens is 304 g/mol. The van der Waals surface area contributed by atoms with E-state index in [1.807, 2.05) is 18.3 Å². The van der Waals surface area contributed by atoms with Crippen molar-refractivity contribution in [3.8, 4) is 11.4 Å². The molecule has 3 heterocycles. The summed E-state index contributed by atoms with van der Waals surface area (Å²) >= 11 is 0. The summed E-state index contributed by atoms with van der Waals surface area (Å²) in [5.74, 6) is 1.52. The van der Waals surface area contributed by atoms with Crippen molar-refractivity contribution in [2.45, 2.75) is 25.8 Å². The van der Waals surface area contributed by atoms with Gasteiger partial charge in [0.2, 0.25) is 0 Å². The summed E-state index contributed by atoms with van der Waals surface area (Å²) in [6.45, 7) is 0.541. The summed E-state index contributed by atoms with van der Waals surface area (Å²) in [6.07, 6.45) is 10.2. The maximum Gasteiger partial charge on any atom is 0.163 e. The van der Waals surface area contributed by atoms with Crippen LogP contribution in [0.25, 0.3) is 11.4 Å². The van der Waals surface area contributed by atoms with E-state index in [-0.39, 0.29) is 6.61 Å². The number of aryl methyl sites for hydroxylation is 1. The number of rotatable bonds is 5. The van der Waals surface area contributed by atoms with Gasteiger partial charge in [0.25, 0.3) is 0 Å². The lowest BCUT2D eigenvalue weighted by Crippen LogP contribution is -2.04. The van der Waals surface area contributed by atoms with E-state index in [4.69, 9.17) is 15.1 Å². The average Bonchev–Trinajstić information content (AvgIpc) is 3.25. The molecule has 2 N–H and O–H groups in total. The molecule has 4 rings (SSSR count). The Morgan fingerprint density at radius 2 is 2.17 bits per heavy atom. The maximum absolute atomic E-state index is 9.00. The Kier molecular flexibility index (Phi) is 3.92. The highest BCUT2D eigenvalue weighted by Crippen LogP contribution is 2.30. The van der Waals surface area contributed by atoms with Crippen molar-refractivity contribution in [1.29, 1.82) is 0 Å². The predicted octanol–water partition coefficient (Wildman–Crippen LogP) is 1.96.